The number of hydrogen-bond donors (Lipinski definition) is 5. The number of likely N-dealkylation sites (tertiary alicyclic amines) is 2. The first kappa shape index (κ1) is 115. The van der Waals surface area contributed by atoms with Gasteiger partial charge in [0.2, 0.25) is 23.6 Å². The van der Waals surface area contributed by atoms with E-state index in [-0.39, 0.29) is 165 Å². The second kappa shape index (κ2) is 60.3. The number of aliphatic hydroxyl groups excluding tert-OH is 2. The molecule has 26 nitrogen and oxygen atoms in total. The molecule has 4 amide bonds. The summed E-state index contributed by atoms with van der Waals surface area (Å²) >= 11 is 3.17. The Bertz CT molecular complexity index is 5710. The average molecular weight is 2020 g/mol. The van der Waals surface area contributed by atoms with Gasteiger partial charge in [-0.2, -0.15) is 0 Å². The van der Waals surface area contributed by atoms with Crippen LogP contribution in [-0.4, -0.2) is 244 Å². The molecule has 0 unspecified atom stereocenters. The molecule has 12 rings (SSSR count). The molecular weight excluding hydrogens is 1870 g/mol. The molecular formula is C117H147N7O19S2. The van der Waals surface area contributed by atoms with Crippen LogP contribution < -0.4 is 20.1 Å². The van der Waals surface area contributed by atoms with Crippen LogP contribution in [-0.2, 0) is 79.7 Å². The number of aromatic nitrogens is 2. The van der Waals surface area contributed by atoms with Crippen LogP contribution in [0.1, 0.15) is 182 Å². The van der Waals surface area contributed by atoms with Gasteiger partial charge in [0.25, 0.3) is 0 Å². The number of aliphatic hydroxyl groups is 2. The van der Waals surface area contributed by atoms with E-state index in [1.807, 2.05) is 146 Å². The summed E-state index contributed by atoms with van der Waals surface area (Å²) in [6.45, 7) is 25.7. The molecule has 10 aromatic rings. The Morgan fingerprint density at radius 3 is 1.19 bits per heavy atom. The maximum atomic E-state index is 14.0. The first-order chi connectivity index (χ1) is 69.9. The highest BCUT2D eigenvalue weighted by molar-refractivity contribution is 7.13. The van der Waals surface area contributed by atoms with Crippen LogP contribution in [0.2, 0.25) is 0 Å². The standard InChI is InChI=1S/C58H72N4O9S.C34H48N2O9S.C25H27NO/c1-7-50(43-14-10-8-11-15-43)54(44-16-12-9-13-17-44)45-22-24-49(25-23-45)71-31-28-61(6)53(65)27-30-69-33-35-70-34-32-68-29-26-47(63)36-51(58(3,4)5)57(67)62-39-48(64)37-52(62)56(66)59-38-42-18-20-46(21-19-42)55-41(2)60-40-72-55;1-23-32(46-22-35-23)25-8-5-24(6-9-25)7-10-30(39)29-20-27(38)21-36(29)33(42)28(34(2,3)4)19-26(37)11-13-43-15-17-45-18-16-44-14-12-31(40)41;1-3-24(20-10-6-4-7-11-20)25(21-12-8-5-9-13-21)22-14-16-23(17-15-22)27-19-18-26-2/h8-25,40,48,51-52,64H,7,26-39H2,1-6H3,(H,59,66);5-6,8-9,22,27-29,38H,7,10-21H2,1-4H3,(H,40,41);4-17,26H,3,18-19H2,1-2H3/b54-50-;;25-24-/t48-,51-,52+;27-,28-,29+;/m11./s1. The van der Waals surface area contributed by atoms with Crippen molar-refractivity contribution >= 4 is 91.9 Å². The van der Waals surface area contributed by atoms with Crippen LogP contribution in [0.5, 0.6) is 11.5 Å². The smallest absolute Gasteiger partial charge is 0.305 e. The van der Waals surface area contributed by atoms with Crippen LogP contribution in [0.15, 0.2) is 229 Å². The van der Waals surface area contributed by atoms with Crippen LogP contribution in [0.4, 0.5) is 0 Å². The van der Waals surface area contributed by atoms with E-state index >= 15 is 0 Å². The monoisotopic (exact) mass is 2020 g/mol. The molecule has 5 N–H and O–H groups in total. The van der Waals surface area contributed by atoms with E-state index in [4.69, 9.17) is 43.0 Å². The molecule has 0 bridgehead atoms. The van der Waals surface area contributed by atoms with Crippen molar-refractivity contribution in [3.63, 3.8) is 0 Å². The number of hydrogen-bond acceptors (Lipinski definition) is 23. The number of ether oxygens (including phenoxy) is 8. The van der Waals surface area contributed by atoms with E-state index in [9.17, 15) is 48.6 Å². The lowest BCUT2D eigenvalue weighted by atomic mass is 9.76. The van der Waals surface area contributed by atoms with E-state index in [1.54, 1.807) is 34.6 Å². The number of thiazole rings is 2. The zero-order valence-corrected chi connectivity index (χ0v) is 87.9. The summed E-state index contributed by atoms with van der Waals surface area (Å²) in [5.74, 6) is -1.90. The number of ketones is 3. The average Bonchev–Trinajstić information content (AvgIpc) is 1.66. The maximum absolute atomic E-state index is 14.0. The number of carboxylic acids is 1. The Balaban J connectivity index is 0.000000250. The number of β-amino-alcohol motifs (C(OH)–C–C–N with tert-alkyl or cyclic N) is 2. The summed E-state index contributed by atoms with van der Waals surface area (Å²) in [5, 5.41) is 35.7. The van der Waals surface area contributed by atoms with E-state index in [2.05, 4.69) is 180 Å². The lowest BCUT2D eigenvalue weighted by Gasteiger charge is -2.34. The summed E-state index contributed by atoms with van der Waals surface area (Å²) in [6, 6.07) is 73.3. The van der Waals surface area contributed by atoms with E-state index < -0.39 is 52.9 Å². The largest absolute Gasteiger partial charge is 0.492 e. The Labute approximate surface area is 863 Å². The van der Waals surface area contributed by atoms with Crippen molar-refractivity contribution in [1.82, 2.24) is 35.3 Å². The van der Waals surface area contributed by atoms with Gasteiger partial charge in [0, 0.05) is 90.0 Å². The van der Waals surface area contributed by atoms with Gasteiger partial charge < -0.3 is 78.5 Å². The minimum atomic E-state index is -0.914. The second-order valence-corrected chi connectivity index (χ2v) is 40.0. The van der Waals surface area contributed by atoms with E-state index in [0.717, 1.165) is 85.4 Å². The maximum Gasteiger partial charge on any atom is 0.305 e. The molecule has 2 aliphatic rings. The molecule has 28 heteroatoms. The minimum Gasteiger partial charge on any atom is -0.492 e. The summed E-state index contributed by atoms with van der Waals surface area (Å²) in [7, 11) is 3.69. The van der Waals surface area contributed by atoms with Gasteiger partial charge in [-0.1, -0.05) is 250 Å². The Hall–Kier alpha value is -11.9. The number of Topliss-reactive ketones (excluding diaryl/α,β-unsaturated/α-hetero) is 3. The molecule has 2 fully saturated rings. The molecule has 145 heavy (non-hydrogen) atoms. The van der Waals surface area contributed by atoms with Crippen molar-refractivity contribution in [1.29, 1.82) is 0 Å². The zero-order chi connectivity index (χ0) is 104. The first-order valence-electron chi connectivity index (χ1n) is 50.4. The molecule has 2 aromatic heterocycles. The van der Waals surface area contributed by atoms with Gasteiger partial charge in [0.15, 0.2) is 5.78 Å². The highest BCUT2D eigenvalue weighted by Gasteiger charge is 2.46. The number of allylic oxidation sites excluding steroid dienone is 2. The molecule has 2 aliphatic heterocycles. The highest BCUT2D eigenvalue weighted by Crippen LogP contribution is 2.41. The molecule has 8 aromatic carbocycles. The number of likely N-dealkylation sites (N-methyl/N-ethyl adjacent to an activating group) is 2. The first-order valence-corrected chi connectivity index (χ1v) is 52.2. The second-order valence-electron chi connectivity index (χ2n) is 38.3. The van der Waals surface area contributed by atoms with Crippen molar-refractivity contribution in [3.8, 4) is 32.4 Å². The molecule has 776 valence electrons. The third-order valence-corrected chi connectivity index (χ3v) is 27.5. The Kier molecular flexibility index (Phi) is 47.8. The van der Waals surface area contributed by atoms with Crippen LogP contribution in [0, 0.1) is 36.5 Å². The summed E-state index contributed by atoms with van der Waals surface area (Å²) in [6.07, 6.45) is 1.80. The van der Waals surface area contributed by atoms with Crippen LogP contribution in [0.25, 0.3) is 43.2 Å². The fourth-order valence-electron chi connectivity index (χ4n) is 17.4. The summed E-state index contributed by atoms with van der Waals surface area (Å²) in [4.78, 5) is 119. The van der Waals surface area contributed by atoms with Crippen molar-refractivity contribution < 1.29 is 91.6 Å². The number of benzene rings is 8. The fraction of sp³-hybridized carbons (Fsp3) is 0.436. The summed E-state index contributed by atoms with van der Waals surface area (Å²) < 4.78 is 44.7. The lowest BCUT2D eigenvalue weighted by molar-refractivity contribution is -0.146. The van der Waals surface area contributed by atoms with Gasteiger partial charge in [-0.05, 0) is 153 Å². The molecule has 0 aliphatic carbocycles. The topological polar surface area (TPSA) is 331 Å². The number of carboxylic acid groups (broad SMARTS) is 1. The summed E-state index contributed by atoms with van der Waals surface area (Å²) in [5.41, 5.74) is 20.9. The molecule has 0 radical (unpaired) electrons. The number of nitrogens with zero attached hydrogens (tertiary/aromatic N) is 5. The third kappa shape index (κ3) is 37.2. The van der Waals surface area contributed by atoms with Gasteiger partial charge in [0.1, 0.15) is 42.3 Å². The van der Waals surface area contributed by atoms with E-state index in [1.165, 1.54) is 54.3 Å². The number of rotatable bonds is 55. The van der Waals surface area contributed by atoms with Gasteiger partial charge in [-0.25, -0.2) is 9.97 Å². The SMILES string of the molecule is CC/C(=C(\c1ccccc1)c1ccc(OCCN(C)C(=O)CCOCCOCCOCCC(=O)C[C@H](C(=O)N2C[C@H](O)C[C@H]2C(=O)NCc2ccc(-c3scnc3C)cc2)C(C)(C)C)cc1)c1ccccc1.CC/C(=C(\c1ccccc1)c1ccc(OCCNC)cc1)c1ccccc1.Cc1ncsc1-c1ccc(CCC(=O)[C@@H]2C[C@@H](O)CN2C(=O)[C@@H](CC(=O)CCOCCOCCOCCC(=O)O)C(C)(C)C)cc1. The van der Waals surface area contributed by atoms with Gasteiger partial charge in [0.05, 0.1) is 149 Å². The van der Waals surface area contributed by atoms with E-state index in [0.29, 0.717) is 59.2 Å². The highest BCUT2D eigenvalue weighted by atomic mass is 32.1. The van der Waals surface area contributed by atoms with Crippen molar-refractivity contribution in [2.24, 2.45) is 22.7 Å². The fourth-order valence-corrected chi connectivity index (χ4v) is 19.0. The Morgan fingerprint density at radius 1 is 0.441 bits per heavy atom. The predicted octanol–water partition coefficient (Wildman–Crippen LogP) is 18.8. The van der Waals surface area contributed by atoms with Crippen molar-refractivity contribution in [2.75, 3.05) is 133 Å². The normalized spacial score (nSPS) is 15.4. The van der Waals surface area contributed by atoms with Crippen molar-refractivity contribution in [3.05, 3.63) is 285 Å². The number of aryl methyl sites for hydroxylation is 3. The quantitative estimate of drug-likeness (QED) is 0.0175. The number of carbonyl (C=O) groups is 8. The number of nitrogens with one attached hydrogen (secondary N) is 2. The predicted molar refractivity (Wildman–Crippen MR) is 572 cm³/mol. The number of aliphatic carboxylic acids is 1. The van der Waals surface area contributed by atoms with Gasteiger partial charge in [-0.15, -0.1) is 22.7 Å². The molecule has 4 heterocycles. The van der Waals surface area contributed by atoms with Crippen LogP contribution >= 0.6 is 22.7 Å². The van der Waals surface area contributed by atoms with Crippen molar-refractivity contribution in [2.45, 2.75) is 177 Å². The zero-order valence-electron chi connectivity index (χ0n) is 86.2. The lowest BCUT2D eigenvalue weighted by Crippen LogP contribution is -2.50. The third-order valence-electron chi connectivity index (χ3n) is 25.6. The minimum absolute atomic E-state index is 0.00270. The van der Waals surface area contributed by atoms with Crippen LogP contribution in [0.3, 0.4) is 0 Å². The number of amides is 4. The molecule has 0 saturated carbocycles. The Morgan fingerprint density at radius 2 is 0.807 bits per heavy atom. The molecule has 2 saturated heterocycles. The molecule has 6 atom stereocenters. The number of carbonyl (C=O) groups excluding carboxylic acids is 7. The molecule has 0 spiro atoms. The van der Waals surface area contributed by atoms with Gasteiger partial charge >= 0.3 is 5.97 Å². The van der Waals surface area contributed by atoms with Gasteiger partial charge in [-0.3, -0.25) is 38.4 Å².